The Morgan fingerprint density at radius 1 is 1.18 bits per heavy atom. The average molecular weight is 373 g/mol. The fourth-order valence-corrected chi connectivity index (χ4v) is 4.77. The minimum absolute atomic E-state index is 0.0265. The number of fused-ring (bicyclic) bond motifs is 6. The van der Waals surface area contributed by atoms with Gasteiger partial charge in [-0.25, -0.2) is 0 Å². The number of hydrogen-bond donors (Lipinski definition) is 2. The third-order valence-corrected chi connectivity index (χ3v) is 6.36. The summed E-state index contributed by atoms with van der Waals surface area (Å²) >= 11 is 0. The Morgan fingerprint density at radius 2 is 1.93 bits per heavy atom. The number of carbonyl (C=O) groups excluding carboxylic acids is 2. The lowest BCUT2D eigenvalue weighted by molar-refractivity contribution is -0.147. The summed E-state index contributed by atoms with van der Waals surface area (Å²) in [6.07, 6.45) is 1.48. The van der Waals surface area contributed by atoms with E-state index in [2.05, 4.69) is 16.4 Å². The van der Waals surface area contributed by atoms with Gasteiger partial charge in [0, 0.05) is 34.6 Å². The number of nitrogens with one attached hydrogen (secondary N) is 2. The number of nitrogens with zero attached hydrogens (tertiary/aromatic N) is 1. The van der Waals surface area contributed by atoms with Gasteiger partial charge in [-0.15, -0.1) is 0 Å². The van der Waals surface area contributed by atoms with Crippen molar-refractivity contribution in [1.82, 2.24) is 9.88 Å². The van der Waals surface area contributed by atoms with Crippen LogP contribution in [0.1, 0.15) is 37.1 Å². The fraction of sp³-hybridized carbons (Fsp3) is 0.304. The van der Waals surface area contributed by atoms with Gasteiger partial charge >= 0.3 is 0 Å². The van der Waals surface area contributed by atoms with Crippen LogP contribution in [0.3, 0.4) is 0 Å². The number of anilines is 1. The number of para-hydroxylation sites is 2. The van der Waals surface area contributed by atoms with Crippen molar-refractivity contribution in [2.75, 3.05) is 11.9 Å². The molecule has 1 spiro atoms. The largest absolute Gasteiger partial charge is 0.355 e. The molecule has 0 fully saturated rings. The second-order valence-corrected chi connectivity index (χ2v) is 7.78. The second-order valence-electron chi connectivity index (χ2n) is 7.78. The lowest BCUT2D eigenvalue weighted by Crippen LogP contribution is -2.59. The van der Waals surface area contributed by atoms with E-state index in [0.717, 1.165) is 46.3 Å². The van der Waals surface area contributed by atoms with Crippen LogP contribution < -0.4 is 5.32 Å². The van der Waals surface area contributed by atoms with E-state index in [1.165, 1.54) is 0 Å². The van der Waals surface area contributed by atoms with E-state index in [1.807, 2.05) is 56.3 Å². The van der Waals surface area contributed by atoms with E-state index in [0.29, 0.717) is 6.54 Å². The van der Waals surface area contributed by atoms with E-state index >= 15 is 0 Å². The lowest BCUT2D eigenvalue weighted by Gasteiger charge is -2.44. The number of aromatic nitrogens is 1. The predicted octanol–water partition coefficient (Wildman–Crippen LogP) is 3.79. The summed E-state index contributed by atoms with van der Waals surface area (Å²) in [7, 11) is 0. The molecule has 0 radical (unpaired) electrons. The van der Waals surface area contributed by atoms with Crippen molar-refractivity contribution in [2.24, 2.45) is 5.92 Å². The lowest BCUT2D eigenvalue weighted by atomic mass is 9.79. The number of hydrogen-bond acceptors (Lipinski definition) is 2. The zero-order valence-corrected chi connectivity index (χ0v) is 16.1. The van der Waals surface area contributed by atoms with Crippen molar-refractivity contribution in [3.05, 3.63) is 65.4 Å². The van der Waals surface area contributed by atoms with E-state index < -0.39 is 5.54 Å². The molecule has 2 atom stereocenters. The Bertz CT molecular complexity index is 1120. The average Bonchev–Trinajstić information content (AvgIpc) is 3.24. The zero-order chi connectivity index (χ0) is 19.5. The summed E-state index contributed by atoms with van der Waals surface area (Å²) in [6.45, 7) is 4.48. The van der Waals surface area contributed by atoms with Gasteiger partial charge in [0.25, 0.3) is 5.91 Å². The molecule has 0 bridgehead atoms. The second kappa shape index (κ2) is 5.96. The predicted molar refractivity (Wildman–Crippen MR) is 109 cm³/mol. The first kappa shape index (κ1) is 17.0. The summed E-state index contributed by atoms with van der Waals surface area (Å²) in [5.74, 6) is -0.264. The van der Waals surface area contributed by atoms with E-state index in [1.54, 1.807) is 4.90 Å². The quantitative estimate of drug-likeness (QED) is 0.718. The van der Waals surface area contributed by atoms with Crippen LogP contribution in [0, 0.1) is 5.92 Å². The minimum Gasteiger partial charge on any atom is -0.355 e. The molecule has 142 valence electrons. The van der Waals surface area contributed by atoms with Crippen molar-refractivity contribution >= 4 is 28.4 Å². The summed E-state index contributed by atoms with van der Waals surface area (Å²) < 4.78 is 0. The van der Waals surface area contributed by atoms with Crippen molar-refractivity contribution in [3.8, 4) is 0 Å². The molecule has 2 aromatic carbocycles. The Balaban J connectivity index is 1.84. The third-order valence-electron chi connectivity index (χ3n) is 6.36. The molecule has 0 aliphatic carbocycles. The molecule has 1 aromatic heterocycles. The Morgan fingerprint density at radius 3 is 2.75 bits per heavy atom. The highest BCUT2D eigenvalue weighted by molar-refractivity contribution is 6.11. The van der Waals surface area contributed by atoms with Crippen LogP contribution in [0.5, 0.6) is 0 Å². The number of rotatable bonds is 2. The Labute approximate surface area is 163 Å². The van der Waals surface area contributed by atoms with Gasteiger partial charge in [0.05, 0.1) is 5.69 Å². The first-order valence-corrected chi connectivity index (χ1v) is 9.91. The molecule has 5 heteroatoms. The van der Waals surface area contributed by atoms with E-state index in [-0.39, 0.29) is 17.7 Å². The normalized spacial score (nSPS) is 21.5. The standard InChI is InChI=1S/C23H23N3O2/c1-3-14(2)21(27)26-13-12-16-15-8-4-6-10-18(15)24-20(16)23(26)17-9-5-7-11-19(17)25-22(23)28/h4-11,14,24H,3,12-13H2,1-2H3,(H,25,28)/t14-,23+/m1/s1. The highest BCUT2D eigenvalue weighted by atomic mass is 16.2. The van der Waals surface area contributed by atoms with Gasteiger partial charge in [-0.05, 0) is 30.5 Å². The molecule has 5 nitrogen and oxygen atoms in total. The highest BCUT2D eigenvalue weighted by Gasteiger charge is 2.58. The van der Waals surface area contributed by atoms with Gasteiger partial charge in [-0.1, -0.05) is 50.2 Å². The fourth-order valence-electron chi connectivity index (χ4n) is 4.77. The molecule has 2 N–H and O–H groups in total. The number of aromatic amines is 1. The van der Waals surface area contributed by atoms with Crippen LogP contribution in [0.25, 0.3) is 10.9 Å². The van der Waals surface area contributed by atoms with Crippen LogP contribution >= 0.6 is 0 Å². The summed E-state index contributed by atoms with van der Waals surface area (Å²) in [4.78, 5) is 32.3. The molecule has 2 aliphatic heterocycles. The smallest absolute Gasteiger partial charge is 0.261 e. The molecule has 5 rings (SSSR count). The van der Waals surface area contributed by atoms with Crippen LogP contribution in [0.2, 0.25) is 0 Å². The SMILES string of the molecule is CC[C@@H](C)C(=O)N1CCc2c([nH]c3ccccc23)[C@@]12C(=O)Nc1ccccc12. The number of H-pyrrole nitrogens is 1. The van der Waals surface area contributed by atoms with Crippen molar-refractivity contribution in [3.63, 3.8) is 0 Å². The van der Waals surface area contributed by atoms with Crippen LogP contribution in [0.4, 0.5) is 5.69 Å². The molecule has 2 amide bonds. The molecular formula is C23H23N3O2. The van der Waals surface area contributed by atoms with Gasteiger partial charge in [0.15, 0.2) is 5.54 Å². The molecule has 0 unspecified atom stereocenters. The molecule has 2 aliphatic rings. The maximum atomic E-state index is 13.5. The van der Waals surface area contributed by atoms with Gasteiger partial charge < -0.3 is 15.2 Å². The summed E-state index contributed by atoms with van der Waals surface area (Å²) in [5, 5.41) is 4.16. The van der Waals surface area contributed by atoms with Gasteiger partial charge in [0.2, 0.25) is 5.91 Å². The number of benzene rings is 2. The Kier molecular flexibility index (Phi) is 3.63. The van der Waals surface area contributed by atoms with Crippen LogP contribution in [0.15, 0.2) is 48.5 Å². The molecule has 3 aromatic rings. The maximum absolute atomic E-state index is 13.5. The molecule has 0 saturated heterocycles. The van der Waals surface area contributed by atoms with Crippen molar-refractivity contribution < 1.29 is 9.59 Å². The summed E-state index contributed by atoms with van der Waals surface area (Å²) in [5.41, 5.74) is 3.46. The van der Waals surface area contributed by atoms with Gasteiger partial charge in [-0.2, -0.15) is 0 Å². The molecule has 3 heterocycles. The maximum Gasteiger partial charge on any atom is 0.261 e. The number of amides is 2. The first-order valence-electron chi connectivity index (χ1n) is 9.91. The Hall–Kier alpha value is -3.08. The topological polar surface area (TPSA) is 65.2 Å². The summed E-state index contributed by atoms with van der Waals surface area (Å²) in [6, 6.07) is 15.8. The minimum atomic E-state index is -1.14. The van der Waals surface area contributed by atoms with Gasteiger partial charge in [-0.3, -0.25) is 9.59 Å². The van der Waals surface area contributed by atoms with E-state index in [9.17, 15) is 9.59 Å². The van der Waals surface area contributed by atoms with Crippen LogP contribution in [-0.2, 0) is 21.5 Å². The highest BCUT2D eigenvalue weighted by Crippen LogP contribution is 2.50. The van der Waals surface area contributed by atoms with Gasteiger partial charge in [0.1, 0.15) is 0 Å². The van der Waals surface area contributed by atoms with Crippen molar-refractivity contribution in [2.45, 2.75) is 32.2 Å². The van der Waals surface area contributed by atoms with Crippen molar-refractivity contribution in [1.29, 1.82) is 0 Å². The number of carbonyl (C=O) groups is 2. The van der Waals surface area contributed by atoms with Crippen LogP contribution in [-0.4, -0.2) is 28.2 Å². The third kappa shape index (κ3) is 2.02. The monoisotopic (exact) mass is 373 g/mol. The molecule has 28 heavy (non-hydrogen) atoms. The first-order chi connectivity index (χ1) is 13.6. The zero-order valence-electron chi connectivity index (χ0n) is 16.1. The molecule has 0 saturated carbocycles. The molecular weight excluding hydrogens is 350 g/mol. The van der Waals surface area contributed by atoms with E-state index in [4.69, 9.17) is 0 Å².